The van der Waals surface area contributed by atoms with Gasteiger partial charge in [-0.25, -0.2) is 17.7 Å². The van der Waals surface area contributed by atoms with Crippen molar-refractivity contribution in [2.24, 2.45) is 16.9 Å². The van der Waals surface area contributed by atoms with Gasteiger partial charge in [0.1, 0.15) is 5.65 Å². The third-order valence-electron chi connectivity index (χ3n) is 6.27. The Morgan fingerprint density at radius 1 is 1.23 bits per heavy atom. The van der Waals surface area contributed by atoms with Gasteiger partial charge in [-0.05, 0) is 30.4 Å². The van der Waals surface area contributed by atoms with E-state index in [0.29, 0.717) is 12.0 Å². The molecule has 1 fully saturated rings. The van der Waals surface area contributed by atoms with E-state index in [9.17, 15) is 13.4 Å². The van der Waals surface area contributed by atoms with Crippen molar-refractivity contribution in [2.75, 3.05) is 12.8 Å². The molecule has 1 aromatic carbocycles. The lowest BCUT2D eigenvalue weighted by atomic mass is 9.65. The molecule has 2 aromatic heterocycles. The summed E-state index contributed by atoms with van der Waals surface area (Å²) >= 11 is 0. The lowest BCUT2D eigenvalue weighted by molar-refractivity contribution is 0.279. The predicted molar refractivity (Wildman–Crippen MR) is 121 cm³/mol. The van der Waals surface area contributed by atoms with Crippen LogP contribution in [0.15, 0.2) is 53.9 Å². The van der Waals surface area contributed by atoms with Crippen LogP contribution in [0.2, 0.25) is 0 Å². The SMILES string of the molecule is CN(Cc1ccccc1)S(=O)(=O)CC1CC(C2=NNB(O)c3cnc4[nH]ccc4c32)C1. The number of hydrogen-bond donors (Lipinski definition) is 3. The highest BCUT2D eigenvalue weighted by molar-refractivity contribution is 7.89. The fourth-order valence-corrected chi connectivity index (χ4v) is 6.00. The van der Waals surface area contributed by atoms with Crippen LogP contribution in [-0.4, -0.2) is 53.3 Å². The van der Waals surface area contributed by atoms with Gasteiger partial charge in [0, 0.05) is 48.3 Å². The highest BCUT2D eigenvalue weighted by Gasteiger charge is 2.40. The molecular formula is C21H24BN5O3S. The topological polar surface area (TPSA) is 111 Å². The van der Waals surface area contributed by atoms with Crippen molar-refractivity contribution < 1.29 is 13.4 Å². The van der Waals surface area contributed by atoms with Crippen LogP contribution in [-0.2, 0) is 16.6 Å². The zero-order chi connectivity index (χ0) is 21.6. The predicted octanol–water partition coefficient (Wildman–Crippen LogP) is 1.05. The lowest BCUT2D eigenvalue weighted by Gasteiger charge is -2.38. The van der Waals surface area contributed by atoms with Crippen LogP contribution in [0.5, 0.6) is 0 Å². The van der Waals surface area contributed by atoms with Gasteiger partial charge in [0.05, 0.1) is 11.5 Å². The fraction of sp³-hybridized carbons (Fsp3) is 0.333. The third kappa shape index (κ3) is 3.75. The van der Waals surface area contributed by atoms with Gasteiger partial charge >= 0.3 is 7.05 Å². The molecule has 0 bridgehead atoms. The number of hydrazone groups is 1. The van der Waals surface area contributed by atoms with Gasteiger partial charge in [0.2, 0.25) is 10.0 Å². The standard InChI is InChI=1S/C21H24BN5O3S/c1-27(12-14-5-3-2-4-6-14)31(29,30)13-15-9-16(10-15)20-19-17-7-8-23-21(17)24-11-18(19)22(28)26-25-20/h2-8,11,15-16,26,28H,9-10,12-13H2,1H3,(H,23,24). The van der Waals surface area contributed by atoms with Crippen LogP contribution < -0.4 is 10.8 Å². The average molecular weight is 437 g/mol. The van der Waals surface area contributed by atoms with Gasteiger partial charge in [-0.3, -0.25) is 0 Å². The molecule has 3 aromatic rings. The molecule has 2 aliphatic rings. The summed E-state index contributed by atoms with van der Waals surface area (Å²) in [4.78, 5) is 7.46. The number of fused-ring (bicyclic) bond motifs is 3. The van der Waals surface area contributed by atoms with E-state index in [2.05, 4.69) is 20.4 Å². The number of H-pyrrole nitrogens is 1. The Bertz CT molecular complexity index is 1240. The molecule has 1 saturated carbocycles. The van der Waals surface area contributed by atoms with Gasteiger partial charge < -0.3 is 15.3 Å². The maximum atomic E-state index is 12.8. The smallest absolute Gasteiger partial charge is 0.428 e. The monoisotopic (exact) mass is 437 g/mol. The van der Waals surface area contributed by atoms with Crippen molar-refractivity contribution in [3.8, 4) is 0 Å². The number of nitrogens with one attached hydrogen (secondary N) is 2. The maximum Gasteiger partial charge on any atom is 0.465 e. The van der Waals surface area contributed by atoms with E-state index >= 15 is 0 Å². The highest BCUT2D eigenvalue weighted by atomic mass is 32.2. The molecule has 3 N–H and O–H groups in total. The average Bonchev–Trinajstić information content (AvgIpc) is 3.21. The minimum Gasteiger partial charge on any atom is -0.428 e. The molecule has 1 aliphatic carbocycles. The second kappa shape index (κ2) is 7.78. The maximum absolute atomic E-state index is 12.8. The Labute approximate surface area is 181 Å². The second-order valence-electron chi connectivity index (χ2n) is 8.41. The molecule has 160 valence electrons. The number of pyridine rings is 1. The summed E-state index contributed by atoms with van der Waals surface area (Å²) in [5.41, 5.74) is 4.21. The number of aromatic amines is 1. The van der Waals surface area contributed by atoms with E-state index in [4.69, 9.17) is 0 Å². The zero-order valence-electron chi connectivity index (χ0n) is 17.2. The Hall–Kier alpha value is -2.69. The summed E-state index contributed by atoms with van der Waals surface area (Å²) in [5, 5.41) is 18.4. The number of hydrogen-bond acceptors (Lipinski definition) is 6. The summed E-state index contributed by atoms with van der Waals surface area (Å²) in [6.07, 6.45) is 4.99. The van der Waals surface area contributed by atoms with Crippen molar-refractivity contribution >= 4 is 39.3 Å². The van der Waals surface area contributed by atoms with E-state index in [1.165, 1.54) is 4.31 Å². The van der Waals surface area contributed by atoms with Crippen molar-refractivity contribution in [2.45, 2.75) is 19.4 Å². The van der Waals surface area contributed by atoms with Crippen molar-refractivity contribution in [1.29, 1.82) is 0 Å². The molecule has 0 amide bonds. The van der Waals surface area contributed by atoms with E-state index in [1.807, 2.05) is 42.6 Å². The number of rotatable bonds is 6. The van der Waals surface area contributed by atoms with Gasteiger partial charge in [0.25, 0.3) is 0 Å². The molecule has 3 heterocycles. The molecular weight excluding hydrogens is 413 g/mol. The van der Waals surface area contributed by atoms with Crippen molar-refractivity contribution in [1.82, 2.24) is 19.6 Å². The molecule has 5 rings (SSSR count). The van der Waals surface area contributed by atoms with Gasteiger partial charge in [-0.15, -0.1) is 0 Å². The van der Waals surface area contributed by atoms with Gasteiger partial charge in [0.15, 0.2) is 0 Å². The molecule has 0 atom stereocenters. The van der Waals surface area contributed by atoms with E-state index in [0.717, 1.165) is 40.7 Å². The molecule has 0 unspecified atom stereocenters. The van der Waals surface area contributed by atoms with E-state index in [-0.39, 0.29) is 17.6 Å². The minimum absolute atomic E-state index is 0.0924. The second-order valence-corrected chi connectivity index (χ2v) is 10.5. The first-order valence-corrected chi connectivity index (χ1v) is 12.0. The zero-order valence-corrected chi connectivity index (χ0v) is 18.0. The van der Waals surface area contributed by atoms with Crippen LogP contribution in [0.4, 0.5) is 0 Å². The summed E-state index contributed by atoms with van der Waals surface area (Å²) in [7, 11) is -2.60. The largest absolute Gasteiger partial charge is 0.465 e. The quantitative estimate of drug-likeness (QED) is 0.500. The molecule has 8 nitrogen and oxygen atoms in total. The molecule has 31 heavy (non-hydrogen) atoms. The van der Waals surface area contributed by atoms with Gasteiger partial charge in [-0.1, -0.05) is 30.3 Å². The molecule has 10 heteroatoms. The number of benzene rings is 1. The fourth-order valence-electron chi connectivity index (χ4n) is 4.53. The first-order chi connectivity index (χ1) is 14.9. The van der Waals surface area contributed by atoms with Gasteiger partial charge in [-0.2, -0.15) is 5.10 Å². The Morgan fingerprint density at radius 2 is 2.00 bits per heavy atom. The Morgan fingerprint density at radius 3 is 2.77 bits per heavy atom. The molecule has 0 saturated heterocycles. The third-order valence-corrected chi connectivity index (χ3v) is 8.24. The Kier molecular flexibility index (Phi) is 5.08. The molecule has 0 radical (unpaired) electrons. The van der Waals surface area contributed by atoms with Crippen molar-refractivity contribution in [3.63, 3.8) is 0 Å². The summed E-state index contributed by atoms with van der Waals surface area (Å²) in [6.45, 7) is 0.375. The summed E-state index contributed by atoms with van der Waals surface area (Å²) < 4.78 is 27.1. The first-order valence-electron chi connectivity index (χ1n) is 10.4. The first kappa shape index (κ1) is 20.2. The van der Waals surface area contributed by atoms with Crippen LogP contribution >= 0.6 is 0 Å². The van der Waals surface area contributed by atoms with E-state index < -0.39 is 17.1 Å². The van der Waals surface area contributed by atoms with Crippen LogP contribution in [0, 0.1) is 11.8 Å². The molecule has 1 aliphatic heterocycles. The lowest BCUT2D eigenvalue weighted by Crippen LogP contribution is -2.52. The number of sulfonamides is 1. The normalized spacial score (nSPS) is 20.9. The summed E-state index contributed by atoms with van der Waals surface area (Å²) in [6, 6.07) is 11.6. The number of nitrogens with zero attached hydrogens (tertiary/aromatic N) is 3. The Balaban J connectivity index is 1.28. The van der Waals surface area contributed by atoms with Crippen molar-refractivity contribution in [3.05, 3.63) is 59.9 Å². The van der Waals surface area contributed by atoms with Crippen LogP contribution in [0.1, 0.15) is 24.0 Å². The summed E-state index contributed by atoms with van der Waals surface area (Å²) in [5.74, 6) is 0.382. The minimum atomic E-state index is -3.34. The van der Waals surface area contributed by atoms with Crippen LogP contribution in [0.3, 0.4) is 0 Å². The van der Waals surface area contributed by atoms with E-state index in [1.54, 1.807) is 13.2 Å². The van der Waals surface area contributed by atoms with Crippen LogP contribution in [0.25, 0.3) is 11.0 Å². The number of aromatic nitrogens is 2. The highest BCUT2D eigenvalue weighted by Crippen LogP contribution is 2.39. The molecule has 0 spiro atoms.